The molecule has 0 radical (unpaired) electrons. The number of hydrogen-bond acceptors (Lipinski definition) is 8. The molecule has 0 aliphatic carbocycles. The van der Waals surface area contributed by atoms with Crippen LogP contribution in [0.5, 0.6) is 5.75 Å². The van der Waals surface area contributed by atoms with Crippen molar-refractivity contribution in [3.8, 4) is 5.75 Å². The Kier molecular flexibility index (Phi) is 5.96. The molecule has 0 bridgehead atoms. The van der Waals surface area contributed by atoms with Gasteiger partial charge in [0.05, 0.1) is 4.92 Å². The van der Waals surface area contributed by atoms with Crippen LogP contribution in [-0.4, -0.2) is 30.3 Å². The molecule has 2 amide bonds. The predicted octanol–water partition coefficient (Wildman–Crippen LogP) is 2.04. The Morgan fingerprint density at radius 2 is 1.77 bits per heavy atom. The molecule has 154 valence electrons. The Labute approximate surface area is 183 Å². The van der Waals surface area contributed by atoms with Crippen molar-refractivity contribution in [1.82, 2.24) is 10.6 Å². The van der Waals surface area contributed by atoms with E-state index >= 15 is 0 Å². The summed E-state index contributed by atoms with van der Waals surface area (Å²) in [5, 5.41) is 15.3. The second-order valence-electron chi connectivity index (χ2n) is 5.77. The zero-order valence-electron chi connectivity index (χ0n) is 14.6. The van der Waals surface area contributed by atoms with Crippen molar-refractivity contribution in [1.29, 1.82) is 0 Å². The molecular formula is C17H10BrN3O7S2. The number of amides is 2. The highest BCUT2D eigenvalue weighted by Gasteiger charge is 2.27. The summed E-state index contributed by atoms with van der Waals surface area (Å²) in [6.45, 7) is 0. The molecule has 3 rings (SSSR count). The van der Waals surface area contributed by atoms with Gasteiger partial charge in [-0.2, -0.15) is 8.42 Å². The molecule has 2 aromatic carbocycles. The molecule has 10 nitrogen and oxygen atoms in total. The van der Waals surface area contributed by atoms with Gasteiger partial charge in [-0.25, -0.2) is 0 Å². The van der Waals surface area contributed by atoms with Crippen molar-refractivity contribution in [2.75, 3.05) is 0 Å². The van der Waals surface area contributed by atoms with E-state index in [0.29, 0.717) is 4.47 Å². The van der Waals surface area contributed by atoms with Gasteiger partial charge >= 0.3 is 10.1 Å². The van der Waals surface area contributed by atoms with Crippen LogP contribution in [0.15, 0.2) is 57.4 Å². The van der Waals surface area contributed by atoms with E-state index in [0.717, 1.165) is 24.3 Å². The molecule has 1 saturated heterocycles. The normalized spacial score (nSPS) is 14.0. The Hall–Kier alpha value is -3.16. The second-order valence-corrected chi connectivity index (χ2v) is 8.64. The lowest BCUT2D eigenvalue weighted by Crippen LogP contribution is -2.51. The molecule has 0 atom stereocenters. The van der Waals surface area contributed by atoms with Crippen LogP contribution in [0.4, 0.5) is 5.69 Å². The largest absolute Gasteiger partial charge is 0.378 e. The molecule has 0 unspecified atom stereocenters. The second kappa shape index (κ2) is 8.30. The van der Waals surface area contributed by atoms with Crippen molar-refractivity contribution < 1.29 is 27.1 Å². The molecule has 0 saturated carbocycles. The SMILES string of the molecule is O=C1NC(=S)NC(=O)C1=Cc1cc(Br)ccc1OS(=O)(=O)c1cccc([N+](=O)[O-])c1. The number of nitro benzene ring substituents is 1. The molecule has 30 heavy (non-hydrogen) atoms. The molecule has 0 aromatic heterocycles. The number of non-ortho nitro benzene ring substituents is 1. The van der Waals surface area contributed by atoms with Crippen LogP contribution in [0.25, 0.3) is 6.08 Å². The summed E-state index contributed by atoms with van der Waals surface area (Å²) in [5.41, 5.74) is -0.657. The highest BCUT2D eigenvalue weighted by molar-refractivity contribution is 9.10. The first-order chi connectivity index (χ1) is 14.1. The third kappa shape index (κ3) is 4.69. The number of benzene rings is 2. The van der Waals surface area contributed by atoms with Gasteiger partial charge in [0, 0.05) is 22.2 Å². The maximum absolute atomic E-state index is 12.6. The fourth-order valence-electron chi connectivity index (χ4n) is 2.39. The number of hydrogen-bond donors (Lipinski definition) is 2. The fourth-order valence-corrected chi connectivity index (χ4v) is 3.95. The number of carbonyl (C=O) groups excluding carboxylic acids is 2. The standard InChI is InChI=1S/C17H10BrN3O7S2/c18-10-4-5-14(9(6-10)7-13-15(22)19-17(29)20-16(13)23)28-30(26,27)12-3-1-2-11(8-12)21(24)25/h1-8H,(H2,19,20,22,23,29). The predicted molar refractivity (Wildman–Crippen MR) is 112 cm³/mol. The molecule has 1 aliphatic rings. The maximum atomic E-state index is 12.6. The summed E-state index contributed by atoms with van der Waals surface area (Å²) in [7, 11) is -4.45. The highest BCUT2D eigenvalue weighted by atomic mass is 79.9. The van der Waals surface area contributed by atoms with Crippen molar-refractivity contribution >= 4 is 67.0 Å². The minimum atomic E-state index is -4.45. The molecule has 1 aliphatic heterocycles. The lowest BCUT2D eigenvalue weighted by molar-refractivity contribution is -0.385. The van der Waals surface area contributed by atoms with Gasteiger partial charge in [0.1, 0.15) is 16.2 Å². The third-order valence-electron chi connectivity index (χ3n) is 3.73. The highest BCUT2D eigenvalue weighted by Crippen LogP contribution is 2.29. The monoisotopic (exact) mass is 511 g/mol. The summed E-state index contributed by atoms with van der Waals surface area (Å²) in [6, 6.07) is 8.55. The van der Waals surface area contributed by atoms with E-state index in [-0.39, 0.29) is 22.0 Å². The Morgan fingerprint density at radius 3 is 2.40 bits per heavy atom. The zero-order chi connectivity index (χ0) is 22.1. The van der Waals surface area contributed by atoms with Crippen LogP contribution in [0, 0.1) is 10.1 Å². The summed E-state index contributed by atoms with van der Waals surface area (Å²) >= 11 is 7.95. The van der Waals surface area contributed by atoms with Crippen LogP contribution in [0.2, 0.25) is 0 Å². The zero-order valence-corrected chi connectivity index (χ0v) is 17.8. The summed E-state index contributed by atoms with van der Waals surface area (Å²) < 4.78 is 30.9. The molecular weight excluding hydrogens is 502 g/mol. The number of nitro groups is 1. The first-order valence-electron chi connectivity index (χ1n) is 7.94. The molecule has 1 heterocycles. The Balaban J connectivity index is 2.02. The average molecular weight is 512 g/mol. The molecule has 2 N–H and O–H groups in total. The minimum absolute atomic E-state index is 0.0894. The average Bonchev–Trinajstić information content (AvgIpc) is 2.66. The van der Waals surface area contributed by atoms with Gasteiger partial charge in [-0.05, 0) is 42.6 Å². The van der Waals surface area contributed by atoms with Crippen LogP contribution in [0.3, 0.4) is 0 Å². The summed E-state index contributed by atoms with van der Waals surface area (Å²) in [4.78, 5) is 33.9. The Bertz CT molecular complexity index is 1220. The number of nitrogens with one attached hydrogen (secondary N) is 2. The fraction of sp³-hybridized carbons (Fsp3) is 0. The van der Waals surface area contributed by atoms with Crippen molar-refractivity contribution in [3.05, 3.63) is 68.2 Å². The number of rotatable bonds is 5. The first kappa shape index (κ1) is 21.5. The van der Waals surface area contributed by atoms with Crippen LogP contribution < -0.4 is 14.8 Å². The van der Waals surface area contributed by atoms with Gasteiger partial charge in [-0.1, -0.05) is 22.0 Å². The number of halogens is 1. The quantitative estimate of drug-likeness (QED) is 0.155. The van der Waals surface area contributed by atoms with Gasteiger partial charge in [0.15, 0.2) is 5.11 Å². The van der Waals surface area contributed by atoms with Gasteiger partial charge in [-0.15, -0.1) is 0 Å². The molecule has 13 heteroatoms. The van der Waals surface area contributed by atoms with E-state index in [1.54, 1.807) is 0 Å². The van der Waals surface area contributed by atoms with Crippen molar-refractivity contribution in [2.45, 2.75) is 4.90 Å². The van der Waals surface area contributed by atoms with E-state index in [1.165, 1.54) is 24.3 Å². The van der Waals surface area contributed by atoms with Crippen LogP contribution >= 0.6 is 28.1 Å². The van der Waals surface area contributed by atoms with E-state index in [4.69, 9.17) is 16.4 Å². The smallest absolute Gasteiger partial charge is 0.339 e. The minimum Gasteiger partial charge on any atom is -0.378 e. The number of nitrogens with zero attached hydrogens (tertiary/aromatic N) is 1. The van der Waals surface area contributed by atoms with Crippen molar-refractivity contribution in [2.24, 2.45) is 0 Å². The summed E-state index contributed by atoms with van der Waals surface area (Å²) in [6.07, 6.45) is 1.13. The lowest BCUT2D eigenvalue weighted by Gasteiger charge is -2.17. The van der Waals surface area contributed by atoms with Gasteiger partial charge < -0.3 is 4.18 Å². The van der Waals surface area contributed by atoms with Crippen molar-refractivity contribution in [3.63, 3.8) is 0 Å². The third-order valence-corrected chi connectivity index (χ3v) is 5.66. The van der Waals surface area contributed by atoms with Gasteiger partial charge in [0.2, 0.25) is 0 Å². The van der Waals surface area contributed by atoms with Crippen LogP contribution in [-0.2, 0) is 19.7 Å². The van der Waals surface area contributed by atoms with E-state index < -0.39 is 37.4 Å². The molecule has 2 aromatic rings. The number of thiocarbonyl (C=S) groups is 1. The topological polar surface area (TPSA) is 145 Å². The Morgan fingerprint density at radius 1 is 1.10 bits per heavy atom. The first-order valence-corrected chi connectivity index (χ1v) is 10.5. The molecule has 0 spiro atoms. The summed E-state index contributed by atoms with van der Waals surface area (Å²) in [5.74, 6) is -1.74. The van der Waals surface area contributed by atoms with E-state index in [1.807, 2.05) is 0 Å². The number of carbonyl (C=O) groups is 2. The van der Waals surface area contributed by atoms with Gasteiger partial charge in [-0.3, -0.25) is 30.3 Å². The van der Waals surface area contributed by atoms with Gasteiger partial charge in [0.25, 0.3) is 17.5 Å². The van der Waals surface area contributed by atoms with E-state index in [9.17, 15) is 28.1 Å². The van der Waals surface area contributed by atoms with E-state index in [2.05, 4.69) is 26.6 Å². The lowest BCUT2D eigenvalue weighted by atomic mass is 10.1. The maximum Gasteiger partial charge on any atom is 0.339 e. The molecule has 1 fully saturated rings. The van der Waals surface area contributed by atoms with Crippen LogP contribution in [0.1, 0.15) is 5.56 Å².